The molecule has 4 amide bonds. The highest BCUT2D eigenvalue weighted by atomic mass is 28.4. The lowest BCUT2D eigenvalue weighted by atomic mass is 10.1. The third kappa shape index (κ3) is 7.09. The van der Waals surface area contributed by atoms with Crippen molar-refractivity contribution in [2.45, 2.75) is 96.6 Å². The van der Waals surface area contributed by atoms with E-state index in [0.29, 0.717) is 46.8 Å². The Balaban J connectivity index is 1.15. The minimum absolute atomic E-state index is 0.0327. The van der Waals surface area contributed by atoms with Crippen molar-refractivity contribution in [2.24, 2.45) is 5.92 Å². The number of hydrogen-bond acceptors (Lipinski definition) is 10. The van der Waals surface area contributed by atoms with E-state index in [4.69, 9.17) is 24.1 Å². The number of hydrogen-bond donors (Lipinski definition) is 1. The van der Waals surface area contributed by atoms with Crippen molar-refractivity contribution in [2.75, 3.05) is 23.8 Å². The summed E-state index contributed by atoms with van der Waals surface area (Å²) in [6.45, 7) is 14.7. The first-order valence-corrected chi connectivity index (χ1v) is 20.4. The number of aryl methyl sites for hydroxylation is 1. The van der Waals surface area contributed by atoms with Crippen LogP contribution in [-0.2, 0) is 20.6 Å². The van der Waals surface area contributed by atoms with Crippen LogP contribution in [0.2, 0.25) is 18.1 Å². The topological polar surface area (TPSA) is 157 Å². The smallest absolute Gasteiger partial charge is 0.331 e. The van der Waals surface area contributed by atoms with E-state index in [0.717, 1.165) is 29.0 Å². The molecule has 2 aliphatic carbocycles. The average molecular weight is 712 g/mol. The second-order valence-corrected chi connectivity index (χ2v) is 20.2. The van der Waals surface area contributed by atoms with Gasteiger partial charge in [-0.25, -0.2) is 24.7 Å². The summed E-state index contributed by atoms with van der Waals surface area (Å²) in [6.07, 6.45) is 7.97. The summed E-state index contributed by atoms with van der Waals surface area (Å²) in [5.41, 5.74) is 3.71. The van der Waals surface area contributed by atoms with Crippen molar-refractivity contribution in [3.05, 3.63) is 65.4 Å². The van der Waals surface area contributed by atoms with Crippen molar-refractivity contribution in [3.63, 3.8) is 0 Å². The van der Waals surface area contributed by atoms with Crippen LogP contribution in [0.1, 0.15) is 93.5 Å². The normalized spacial score (nSPS) is 19.9. The van der Waals surface area contributed by atoms with Crippen LogP contribution < -0.4 is 15.0 Å². The SMILES string of the molecule is Cc1ccnc([C@H]2C[C@@H]2C(=O)Nc2cc(OCc3cn4cc(C5CC5)cc(N5CC(=O)N(C)C5=O)c4n3)nc(C(C)O[Si](C)(C)C(C)(C)C)n2)n1. The van der Waals surface area contributed by atoms with E-state index < -0.39 is 14.4 Å². The van der Waals surface area contributed by atoms with Gasteiger partial charge in [0.2, 0.25) is 17.7 Å². The summed E-state index contributed by atoms with van der Waals surface area (Å²) in [5.74, 6) is 1.32. The lowest BCUT2D eigenvalue weighted by Crippen LogP contribution is -2.41. The molecule has 3 aliphatic rings. The molecule has 15 heteroatoms. The van der Waals surface area contributed by atoms with Gasteiger partial charge in [-0.05, 0) is 74.9 Å². The highest BCUT2D eigenvalue weighted by molar-refractivity contribution is 6.74. The van der Waals surface area contributed by atoms with Crippen LogP contribution in [0, 0.1) is 12.8 Å². The lowest BCUT2D eigenvalue weighted by Gasteiger charge is -2.38. The number of urea groups is 1. The summed E-state index contributed by atoms with van der Waals surface area (Å²) in [6, 6.07) is 5.04. The maximum absolute atomic E-state index is 13.4. The Morgan fingerprint density at radius 1 is 1.10 bits per heavy atom. The number of imidazole rings is 1. The van der Waals surface area contributed by atoms with E-state index in [-0.39, 0.29) is 53.8 Å². The van der Waals surface area contributed by atoms with Gasteiger partial charge < -0.3 is 18.9 Å². The molecule has 5 heterocycles. The van der Waals surface area contributed by atoms with E-state index in [9.17, 15) is 14.4 Å². The zero-order valence-electron chi connectivity index (χ0n) is 30.4. The summed E-state index contributed by atoms with van der Waals surface area (Å²) in [7, 11) is -0.703. The number of aromatic nitrogens is 6. The number of fused-ring (bicyclic) bond motifs is 1. The molecule has 268 valence electrons. The number of nitrogens with zero attached hydrogens (tertiary/aromatic N) is 8. The predicted octanol–water partition coefficient (Wildman–Crippen LogP) is 5.90. The van der Waals surface area contributed by atoms with Gasteiger partial charge in [-0.2, -0.15) is 4.98 Å². The van der Waals surface area contributed by atoms with Crippen LogP contribution in [-0.4, -0.2) is 74.0 Å². The van der Waals surface area contributed by atoms with E-state index >= 15 is 0 Å². The summed E-state index contributed by atoms with van der Waals surface area (Å²) >= 11 is 0. The first-order chi connectivity index (χ1) is 24.1. The van der Waals surface area contributed by atoms with E-state index in [1.54, 1.807) is 12.3 Å². The molecule has 3 fully saturated rings. The van der Waals surface area contributed by atoms with Gasteiger partial charge >= 0.3 is 6.03 Å². The van der Waals surface area contributed by atoms with Gasteiger partial charge in [0.05, 0.1) is 11.4 Å². The second kappa shape index (κ2) is 12.8. The molecular weight excluding hydrogens is 667 g/mol. The number of amides is 4. The molecule has 0 spiro atoms. The van der Waals surface area contributed by atoms with Crippen LogP contribution in [0.3, 0.4) is 0 Å². The number of carbonyl (C=O) groups is 3. The first kappa shape index (κ1) is 34.7. The highest BCUT2D eigenvalue weighted by Crippen LogP contribution is 2.47. The van der Waals surface area contributed by atoms with Gasteiger partial charge in [0.1, 0.15) is 30.9 Å². The van der Waals surface area contributed by atoms with Crippen LogP contribution >= 0.6 is 0 Å². The molecule has 0 aromatic carbocycles. The third-order valence-corrected chi connectivity index (χ3v) is 14.9. The number of pyridine rings is 1. The Kier molecular flexibility index (Phi) is 8.69. The number of nitrogens with one attached hydrogen (secondary N) is 1. The molecule has 1 unspecified atom stereocenters. The fraction of sp³-hybridized carbons (Fsp3) is 0.500. The number of ether oxygens (including phenoxy) is 1. The van der Waals surface area contributed by atoms with Crippen LogP contribution in [0.5, 0.6) is 5.88 Å². The molecule has 0 bridgehead atoms. The molecule has 14 nitrogen and oxygen atoms in total. The average Bonchev–Trinajstić information content (AvgIpc) is 4.00. The zero-order valence-corrected chi connectivity index (χ0v) is 31.4. The van der Waals surface area contributed by atoms with Gasteiger partial charge in [-0.1, -0.05) is 20.8 Å². The fourth-order valence-corrected chi connectivity index (χ4v) is 7.41. The summed E-state index contributed by atoms with van der Waals surface area (Å²) in [5, 5.41) is 2.95. The van der Waals surface area contributed by atoms with Gasteiger partial charge in [-0.3, -0.25) is 19.4 Å². The van der Waals surface area contributed by atoms with Gasteiger partial charge in [0, 0.05) is 49.2 Å². The molecule has 51 heavy (non-hydrogen) atoms. The minimum atomic E-state index is -2.19. The van der Waals surface area contributed by atoms with Gasteiger partial charge in [0.25, 0.3) is 0 Å². The zero-order chi connectivity index (χ0) is 36.4. The predicted molar refractivity (Wildman–Crippen MR) is 192 cm³/mol. The molecule has 0 radical (unpaired) electrons. The Bertz CT molecular complexity index is 2040. The second-order valence-electron chi connectivity index (χ2n) is 15.5. The molecule has 4 aromatic rings. The van der Waals surface area contributed by atoms with Crippen molar-refractivity contribution < 1.29 is 23.5 Å². The molecule has 2 saturated carbocycles. The fourth-order valence-electron chi connectivity index (χ4n) is 6.06. The van der Waals surface area contributed by atoms with Crippen molar-refractivity contribution in [1.29, 1.82) is 0 Å². The van der Waals surface area contributed by atoms with Crippen LogP contribution in [0.4, 0.5) is 16.3 Å². The van der Waals surface area contributed by atoms with Crippen molar-refractivity contribution >= 4 is 43.3 Å². The summed E-state index contributed by atoms with van der Waals surface area (Å²) < 4.78 is 14.8. The van der Waals surface area contributed by atoms with E-state index in [1.165, 1.54) is 11.9 Å². The molecular formula is C36H45N9O5Si. The number of likely N-dealkylation sites (N-methyl/N-ethyl adjacent to an activating group) is 1. The Morgan fingerprint density at radius 3 is 2.53 bits per heavy atom. The first-order valence-electron chi connectivity index (χ1n) is 17.5. The molecule has 1 saturated heterocycles. The Morgan fingerprint density at radius 2 is 1.86 bits per heavy atom. The lowest BCUT2D eigenvalue weighted by molar-refractivity contribution is -0.124. The molecule has 1 aliphatic heterocycles. The molecule has 3 atom stereocenters. The molecule has 1 N–H and O–H groups in total. The Hall–Kier alpha value is -4.76. The van der Waals surface area contributed by atoms with E-state index in [2.05, 4.69) is 49.1 Å². The maximum Gasteiger partial charge on any atom is 0.331 e. The van der Waals surface area contributed by atoms with Crippen LogP contribution in [0.15, 0.2) is 36.8 Å². The Labute approximate surface area is 298 Å². The van der Waals surface area contributed by atoms with Crippen molar-refractivity contribution in [3.8, 4) is 5.88 Å². The standard InChI is InChI=1S/C36H45N9O5Si/c1-20-11-12-37-32(38-20)25-14-26(25)34(47)41-28-15-29(42-31(40-28)21(2)50-51(7,8)36(3,4)5)49-19-24-17-44-16-23(22-9-10-22)13-27(33(44)39-24)45-18-30(46)43(6)35(45)48/h11-13,15-17,21-22,25-26H,9-10,14,18-19H2,1-8H3,(H,40,41,42,47)/t21?,25-,26-/m0/s1. The van der Waals surface area contributed by atoms with Gasteiger partial charge in [0.15, 0.2) is 19.8 Å². The number of anilines is 2. The quantitative estimate of drug-likeness (QED) is 0.147. The number of carbonyl (C=O) groups excluding carboxylic acids is 3. The molecule has 7 rings (SSSR count). The largest absolute Gasteiger partial charge is 0.471 e. The monoisotopic (exact) mass is 711 g/mol. The number of imide groups is 1. The van der Waals surface area contributed by atoms with Crippen LogP contribution in [0.25, 0.3) is 5.65 Å². The van der Waals surface area contributed by atoms with Crippen molar-refractivity contribution in [1.82, 2.24) is 34.2 Å². The molecule has 4 aromatic heterocycles. The van der Waals surface area contributed by atoms with E-state index in [1.807, 2.05) is 42.8 Å². The maximum atomic E-state index is 13.4. The number of rotatable bonds is 11. The summed E-state index contributed by atoms with van der Waals surface area (Å²) in [4.78, 5) is 64.5. The third-order valence-electron chi connectivity index (χ3n) is 10.4. The highest BCUT2D eigenvalue weighted by Gasteiger charge is 2.46. The minimum Gasteiger partial charge on any atom is -0.471 e. The van der Waals surface area contributed by atoms with Gasteiger partial charge in [-0.15, -0.1) is 0 Å².